The maximum absolute atomic E-state index is 12.6. The fourth-order valence-electron chi connectivity index (χ4n) is 4.09. The first-order chi connectivity index (χ1) is 16.9. The number of benzene rings is 3. The Hall–Kier alpha value is -3.48. The van der Waals surface area contributed by atoms with Crippen molar-refractivity contribution < 1.29 is 19.8 Å². The van der Waals surface area contributed by atoms with Gasteiger partial charge in [-0.05, 0) is 41.2 Å². The molecule has 3 aromatic carbocycles. The molecule has 1 aliphatic rings. The molecule has 4 rings (SSSR count). The van der Waals surface area contributed by atoms with Crippen LogP contribution in [-0.2, 0) is 29.1 Å². The summed E-state index contributed by atoms with van der Waals surface area (Å²) in [4.78, 5) is 26.6. The van der Waals surface area contributed by atoms with E-state index in [1.807, 2.05) is 80.6 Å². The molecule has 3 atom stereocenters. The average molecular weight is 475 g/mol. The van der Waals surface area contributed by atoms with Gasteiger partial charge in [0.15, 0.2) is 12.2 Å². The van der Waals surface area contributed by atoms with E-state index in [9.17, 15) is 19.8 Å². The summed E-state index contributed by atoms with van der Waals surface area (Å²) in [6.45, 7) is 6.50. The van der Waals surface area contributed by atoms with Crippen LogP contribution in [0.25, 0.3) is 0 Å². The second-order valence-corrected chi connectivity index (χ2v) is 8.49. The minimum atomic E-state index is -1.85. The zero-order chi connectivity index (χ0) is 25.4. The monoisotopic (exact) mass is 474 g/mol. The first-order valence-corrected chi connectivity index (χ1v) is 12.1. The second kappa shape index (κ2) is 12.3. The molecule has 1 heterocycles. The summed E-state index contributed by atoms with van der Waals surface area (Å²) in [7, 11) is 0. The number of hydrogen-bond donors (Lipinski definition) is 3. The predicted octanol–water partition coefficient (Wildman–Crippen LogP) is 3.75. The van der Waals surface area contributed by atoms with Gasteiger partial charge in [-0.2, -0.15) is 0 Å². The van der Waals surface area contributed by atoms with Crippen LogP contribution in [0, 0.1) is 0 Å². The number of carbonyl (C=O) groups is 2. The van der Waals surface area contributed by atoms with E-state index in [1.54, 1.807) is 6.92 Å². The Labute approximate surface area is 207 Å². The van der Waals surface area contributed by atoms with E-state index in [2.05, 4.69) is 17.4 Å². The van der Waals surface area contributed by atoms with Crippen LogP contribution in [-0.4, -0.2) is 39.1 Å². The third-order valence-electron chi connectivity index (χ3n) is 6.06. The number of aliphatic hydroxyl groups excluding tert-OH is 2. The molecule has 0 spiro atoms. The van der Waals surface area contributed by atoms with Gasteiger partial charge in [0.2, 0.25) is 0 Å². The van der Waals surface area contributed by atoms with Gasteiger partial charge in [-0.15, -0.1) is 0 Å². The van der Waals surface area contributed by atoms with Crippen LogP contribution in [0.3, 0.4) is 0 Å². The molecule has 1 aliphatic heterocycles. The Kier molecular flexibility index (Phi) is 9.18. The van der Waals surface area contributed by atoms with E-state index in [0.29, 0.717) is 13.1 Å². The van der Waals surface area contributed by atoms with Crippen LogP contribution in [0.1, 0.15) is 54.6 Å². The maximum Gasteiger partial charge on any atom is 0.255 e. The zero-order valence-corrected chi connectivity index (χ0v) is 20.5. The van der Waals surface area contributed by atoms with E-state index >= 15 is 0 Å². The highest BCUT2D eigenvalue weighted by Gasteiger charge is 2.35. The van der Waals surface area contributed by atoms with Crippen molar-refractivity contribution in [1.29, 1.82) is 0 Å². The van der Waals surface area contributed by atoms with Gasteiger partial charge in [0.25, 0.3) is 11.8 Å². The van der Waals surface area contributed by atoms with Crippen LogP contribution in [0.2, 0.25) is 0 Å². The quantitative estimate of drug-likeness (QED) is 0.487. The van der Waals surface area contributed by atoms with Crippen molar-refractivity contribution >= 4 is 11.8 Å². The SMILES string of the molecule is CC.C[C@@H](NC(=O)[C@H](O)[C@@H](O)C(=O)N1Cc2ccccc2C1)c1ccc(Cc2ccccc2)cc1. The Morgan fingerprint density at radius 3 is 1.89 bits per heavy atom. The van der Waals surface area contributed by atoms with Crippen molar-refractivity contribution in [2.45, 2.75) is 58.5 Å². The summed E-state index contributed by atoms with van der Waals surface area (Å²) in [5, 5.41) is 23.4. The summed E-state index contributed by atoms with van der Waals surface area (Å²) >= 11 is 0. The number of amides is 2. The standard InChI is InChI=1S/C27H28N2O4.C2H6/c1-18(21-13-11-20(12-14-21)15-19-7-3-2-4-8-19)28-26(32)24(30)25(31)27(33)29-16-22-9-5-6-10-23(22)17-29;1-2/h2-14,18,24-25,30-31H,15-17H2,1H3,(H,28,32);1-2H3/t18-,24-,25-;/m1./s1. The van der Waals surface area contributed by atoms with Crippen molar-refractivity contribution in [3.8, 4) is 0 Å². The topological polar surface area (TPSA) is 89.9 Å². The molecular formula is C29H34N2O4. The molecule has 0 saturated carbocycles. The molecule has 0 radical (unpaired) electrons. The maximum atomic E-state index is 12.6. The van der Waals surface area contributed by atoms with Gasteiger partial charge in [-0.3, -0.25) is 9.59 Å². The molecule has 0 aliphatic carbocycles. The first-order valence-electron chi connectivity index (χ1n) is 12.1. The van der Waals surface area contributed by atoms with Crippen LogP contribution < -0.4 is 5.32 Å². The third-order valence-corrected chi connectivity index (χ3v) is 6.06. The summed E-state index contributed by atoms with van der Waals surface area (Å²) in [5.74, 6) is -1.44. The van der Waals surface area contributed by atoms with E-state index in [4.69, 9.17) is 0 Å². The number of nitrogens with zero attached hydrogens (tertiary/aromatic N) is 1. The lowest BCUT2D eigenvalue weighted by molar-refractivity contribution is -0.153. The number of fused-ring (bicyclic) bond motifs is 1. The molecular weight excluding hydrogens is 440 g/mol. The Bertz CT molecular complexity index is 1090. The van der Waals surface area contributed by atoms with Gasteiger partial charge in [0.05, 0.1) is 6.04 Å². The molecule has 6 nitrogen and oxygen atoms in total. The number of rotatable bonds is 7. The smallest absolute Gasteiger partial charge is 0.255 e. The van der Waals surface area contributed by atoms with Crippen LogP contribution in [0.4, 0.5) is 0 Å². The van der Waals surface area contributed by atoms with Gasteiger partial charge < -0.3 is 20.4 Å². The Morgan fingerprint density at radius 1 is 0.800 bits per heavy atom. The molecule has 3 aromatic rings. The number of carbonyl (C=O) groups excluding carboxylic acids is 2. The Morgan fingerprint density at radius 2 is 1.31 bits per heavy atom. The van der Waals surface area contributed by atoms with E-state index < -0.39 is 30.1 Å². The van der Waals surface area contributed by atoms with Crippen molar-refractivity contribution in [3.63, 3.8) is 0 Å². The van der Waals surface area contributed by atoms with E-state index in [1.165, 1.54) is 10.5 Å². The molecule has 0 saturated heterocycles. The van der Waals surface area contributed by atoms with Crippen LogP contribution in [0.15, 0.2) is 78.9 Å². The van der Waals surface area contributed by atoms with Gasteiger partial charge in [-0.25, -0.2) is 0 Å². The summed E-state index contributed by atoms with van der Waals surface area (Å²) in [6.07, 6.45) is -2.85. The van der Waals surface area contributed by atoms with Crippen molar-refractivity contribution in [1.82, 2.24) is 10.2 Å². The van der Waals surface area contributed by atoms with Crippen LogP contribution in [0.5, 0.6) is 0 Å². The number of nitrogens with one attached hydrogen (secondary N) is 1. The lowest BCUT2D eigenvalue weighted by atomic mass is 10.0. The van der Waals surface area contributed by atoms with Gasteiger partial charge in [0, 0.05) is 13.1 Å². The summed E-state index contributed by atoms with van der Waals surface area (Å²) < 4.78 is 0. The van der Waals surface area contributed by atoms with Gasteiger partial charge in [-0.1, -0.05) is 92.7 Å². The second-order valence-electron chi connectivity index (χ2n) is 8.49. The molecule has 0 bridgehead atoms. The lowest BCUT2D eigenvalue weighted by Gasteiger charge is -2.24. The van der Waals surface area contributed by atoms with E-state index in [0.717, 1.165) is 28.7 Å². The third kappa shape index (κ3) is 6.56. The van der Waals surface area contributed by atoms with Crippen molar-refractivity contribution in [2.24, 2.45) is 0 Å². The Balaban J connectivity index is 0.00000167. The number of aliphatic hydroxyl groups is 2. The van der Waals surface area contributed by atoms with Gasteiger partial charge in [0.1, 0.15) is 0 Å². The summed E-state index contributed by atoms with van der Waals surface area (Å²) in [6, 6.07) is 25.3. The molecule has 0 aromatic heterocycles. The fraction of sp³-hybridized carbons (Fsp3) is 0.310. The summed E-state index contributed by atoms with van der Waals surface area (Å²) in [5.41, 5.74) is 5.23. The highest BCUT2D eigenvalue weighted by atomic mass is 16.3. The highest BCUT2D eigenvalue weighted by molar-refractivity contribution is 5.91. The van der Waals surface area contributed by atoms with Crippen molar-refractivity contribution in [2.75, 3.05) is 0 Å². The molecule has 2 amide bonds. The molecule has 184 valence electrons. The zero-order valence-electron chi connectivity index (χ0n) is 20.5. The molecule has 3 N–H and O–H groups in total. The fourth-order valence-corrected chi connectivity index (χ4v) is 4.09. The first kappa shape index (κ1) is 26.1. The van der Waals surface area contributed by atoms with Crippen molar-refractivity contribution in [3.05, 3.63) is 107 Å². The average Bonchev–Trinajstić information content (AvgIpc) is 3.34. The predicted molar refractivity (Wildman–Crippen MR) is 136 cm³/mol. The minimum absolute atomic E-state index is 0.353. The molecule has 0 unspecified atom stereocenters. The molecule has 6 heteroatoms. The molecule has 0 fully saturated rings. The lowest BCUT2D eigenvalue weighted by Crippen LogP contribution is -2.50. The largest absolute Gasteiger partial charge is 0.380 e. The highest BCUT2D eigenvalue weighted by Crippen LogP contribution is 2.23. The van der Waals surface area contributed by atoms with Gasteiger partial charge >= 0.3 is 0 Å². The molecule has 35 heavy (non-hydrogen) atoms. The van der Waals surface area contributed by atoms with Crippen LogP contribution >= 0.6 is 0 Å². The minimum Gasteiger partial charge on any atom is -0.380 e. The normalized spacial score (nSPS) is 14.7. The van der Waals surface area contributed by atoms with E-state index in [-0.39, 0.29) is 0 Å². The number of hydrogen-bond acceptors (Lipinski definition) is 4.